The van der Waals surface area contributed by atoms with Crippen LogP contribution in [0, 0.1) is 5.92 Å². The molecule has 2 rings (SSSR count). The number of amides is 3. The van der Waals surface area contributed by atoms with Crippen molar-refractivity contribution >= 4 is 39.6 Å². The molecule has 0 aliphatic rings. The lowest BCUT2D eigenvalue weighted by Gasteiger charge is -2.15. The Morgan fingerprint density at radius 1 is 0.971 bits per heavy atom. The third-order valence-corrected chi connectivity index (χ3v) is 5.45. The van der Waals surface area contributed by atoms with Gasteiger partial charge in [-0.25, -0.2) is 22.7 Å². The molecular formula is C19H24N6O8S. The zero-order valence-corrected chi connectivity index (χ0v) is 19.8. The van der Waals surface area contributed by atoms with Crippen LogP contribution in [-0.2, 0) is 19.6 Å². The number of nitrogens with zero attached hydrogens (tertiary/aromatic N) is 2. The van der Waals surface area contributed by atoms with Crippen molar-refractivity contribution in [3.63, 3.8) is 0 Å². The summed E-state index contributed by atoms with van der Waals surface area (Å²) >= 11 is 0. The van der Waals surface area contributed by atoms with Crippen LogP contribution in [0.25, 0.3) is 0 Å². The molecule has 0 fully saturated rings. The van der Waals surface area contributed by atoms with Crippen molar-refractivity contribution in [1.82, 2.24) is 20.1 Å². The van der Waals surface area contributed by atoms with Gasteiger partial charge in [-0.15, -0.1) is 0 Å². The predicted molar refractivity (Wildman–Crippen MR) is 119 cm³/mol. The number of benzene rings is 1. The molecule has 1 heterocycles. The summed E-state index contributed by atoms with van der Waals surface area (Å²) < 4.78 is 42.2. The number of ether oxygens (including phenoxy) is 3. The third kappa shape index (κ3) is 6.68. The lowest BCUT2D eigenvalue weighted by molar-refractivity contribution is -0.123. The Labute approximate surface area is 195 Å². The van der Waals surface area contributed by atoms with E-state index in [-0.39, 0.29) is 40.8 Å². The van der Waals surface area contributed by atoms with Gasteiger partial charge in [0.05, 0.1) is 38.6 Å². The van der Waals surface area contributed by atoms with Gasteiger partial charge in [0.1, 0.15) is 4.90 Å². The number of sulfonamides is 1. The van der Waals surface area contributed by atoms with E-state index in [4.69, 9.17) is 9.47 Å². The first-order chi connectivity index (χ1) is 16.0. The molecule has 1 aromatic heterocycles. The molecule has 0 unspecified atom stereocenters. The molecule has 0 spiro atoms. The van der Waals surface area contributed by atoms with Crippen molar-refractivity contribution in [2.75, 3.05) is 32.1 Å². The SMILES string of the molecule is COC(=O)c1ccc(NNC(=O)C(C)C)cc1S(=O)(=O)NC(=O)Nc1nc(OC)cc(OC)n1. The number of rotatable bonds is 9. The van der Waals surface area contributed by atoms with Crippen LogP contribution in [-0.4, -0.2) is 57.6 Å². The fourth-order valence-corrected chi connectivity index (χ4v) is 3.48. The van der Waals surface area contributed by atoms with Gasteiger partial charge in [-0.05, 0) is 18.2 Å². The monoisotopic (exact) mass is 496 g/mol. The van der Waals surface area contributed by atoms with Gasteiger partial charge in [0, 0.05) is 5.92 Å². The Morgan fingerprint density at radius 3 is 2.12 bits per heavy atom. The van der Waals surface area contributed by atoms with Crippen molar-refractivity contribution in [2.45, 2.75) is 18.7 Å². The van der Waals surface area contributed by atoms with Crippen LogP contribution in [0.5, 0.6) is 11.8 Å². The predicted octanol–water partition coefficient (Wildman–Crippen LogP) is 0.890. The Hall–Kier alpha value is -4.14. The molecule has 0 atom stereocenters. The summed E-state index contributed by atoms with van der Waals surface area (Å²) in [6, 6.07) is 3.69. The Morgan fingerprint density at radius 2 is 1.59 bits per heavy atom. The van der Waals surface area contributed by atoms with Crippen LogP contribution in [0.1, 0.15) is 24.2 Å². The molecule has 14 nitrogen and oxygen atoms in total. The van der Waals surface area contributed by atoms with E-state index in [9.17, 15) is 22.8 Å². The normalized spacial score (nSPS) is 10.8. The van der Waals surface area contributed by atoms with E-state index < -0.39 is 26.9 Å². The summed E-state index contributed by atoms with van der Waals surface area (Å²) in [6.07, 6.45) is 0. The molecule has 2 aromatic rings. The summed E-state index contributed by atoms with van der Waals surface area (Å²) in [5, 5.41) is 2.15. The summed E-state index contributed by atoms with van der Waals surface area (Å²) in [6.45, 7) is 3.33. The highest BCUT2D eigenvalue weighted by atomic mass is 32.2. The second-order valence-corrected chi connectivity index (χ2v) is 8.46. The average molecular weight is 497 g/mol. The second-order valence-electron chi connectivity index (χ2n) is 6.81. The highest BCUT2D eigenvalue weighted by molar-refractivity contribution is 7.90. The van der Waals surface area contributed by atoms with Crippen molar-refractivity contribution in [1.29, 1.82) is 0 Å². The largest absolute Gasteiger partial charge is 0.481 e. The molecule has 1 aromatic carbocycles. The molecule has 0 saturated carbocycles. The molecule has 0 bridgehead atoms. The highest BCUT2D eigenvalue weighted by Crippen LogP contribution is 2.22. The van der Waals surface area contributed by atoms with Crippen LogP contribution in [0.3, 0.4) is 0 Å². The van der Waals surface area contributed by atoms with E-state index in [1.807, 2.05) is 0 Å². The Bertz CT molecular complexity index is 1160. The van der Waals surface area contributed by atoms with Gasteiger partial charge < -0.3 is 14.2 Å². The zero-order chi connectivity index (χ0) is 25.5. The number of nitrogens with one attached hydrogen (secondary N) is 4. The van der Waals surface area contributed by atoms with Gasteiger partial charge in [0.2, 0.25) is 23.6 Å². The lowest BCUT2D eigenvalue weighted by atomic mass is 10.2. The smallest absolute Gasteiger partial charge is 0.339 e. The first-order valence-electron chi connectivity index (χ1n) is 9.59. The van der Waals surface area contributed by atoms with Crippen LogP contribution in [0.15, 0.2) is 29.2 Å². The summed E-state index contributed by atoms with van der Waals surface area (Å²) in [5.74, 6) is -1.84. The molecule has 0 aliphatic carbocycles. The van der Waals surface area contributed by atoms with Crippen molar-refractivity contribution < 1.29 is 37.0 Å². The molecule has 3 amide bonds. The molecular weight excluding hydrogens is 472 g/mol. The van der Waals surface area contributed by atoms with Gasteiger partial charge in [-0.2, -0.15) is 9.97 Å². The minimum Gasteiger partial charge on any atom is -0.481 e. The number of carbonyl (C=O) groups excluding carboxylic acids is 3. The summed E-state index contributed by atoms with van der Waals surface area (Å²) in [5.41, 5.74) is 4.73. The maximum atomic E-state index is 12.9. The number of esters is 1. The number of anilines is 2. The van der Waals surface area contributed by atoms with Crippen LogP contribution >= 0.6 is 0 Å². The number of urea groups is 1. The van der Waals surface area contributed by atoms with Gasteiger partial charge in [-0.1, -0.05) is 13.8 Å². The Balaban J connectivity index is 2.32. The van der Waals surface area contributed by atoms with Gasteiger partial charge in [-0.3, -0.25) is 21.0 Å². The van der Waals surface area contributed by atoms with Gasteiger partial charge >= 0.3 is 12.0 Å². The average Bonchev–Trinajstić information content (AvgIpc) is 2.80. The number of methoxy groups -OCH3 is 3. The molecule has 4 N–H and O–H groups in total. The first-order valence-corrected chi connectivity index (χ1v) is 11.1. The number of carbonyl (C=O) groups is 3. The minimum atomic E-state index is -4.61. The van der Waals surface area contributed by atoms with Crippen LogP contribution < -0.4 is 30.4 Å². The summed E-state index contributed by atoms with van der Waals surface area (Å²) in [4.78, 5) is 43.4. The zero-order valence-electron chi connectivity index (χ0n) is 19.0. The van der Waals surface area contributed by atoms with E-state index in [1.54, 1.807) is 18.6 Å². The maximum Gasteiger partial charge on any atom is 0.339 e. The lowest BCUT2D eigenvalue weighted by Crippen LogP contribution is -2.36. The van der Waals surface area contributed by atoms with E-state index in [0.29, 0.717) is 0 Å². The van der Waals surface area contributed by atoms with E-state index in [1.165, 1.54) is 26.4 Å². The van der Waals surface area contributed by atoms with E-state index in [0.717, 1.165) is 19.2 Å². The van der Waals surface area contributed by atoms with E-state index >= 15 is 0 Å². The fraction of sp³-hybridized carbons (Fsp3) is 0.316. The van der Waals surface area contributed by atoms with Crippen molar-refractivity contribution in [3.8, 4) is 11.8 Å². The Kier molecular flexibility index (Phi) is 8.55. The molecule has 15 heteroatoms. The van der Waals surface area contributed by atoms with E-state index in [2.05, 4.69) is 30.9 Å². The number of hydrogen-bond donors (Lipinski definition) is 4. The number of aromatic nitrogens is 2. The molecule has 0 radical (unpaired) electrons. The molecule has 0 aliphatic heterocycles. The second kappa shape index (κ2) is 11.1. The molecule has 0 saturated heterocycles. The molecule has 34 heavy (non-hydrogen) atoms. The van der Waals surface area contributed by atoms with Gasteiger partial charge in [0.15, 0.2) is 0 Å². The minimum absolute atomic E-state index is 0.0557. The van der Waals surface area contributed by atoms with Gasteiger partial charge in [0.25, 0.3) is 10.0 Å². The topological polar surface area (TPSA) is 187 Å². The first kappa shape index (κ1) is 26.1. The summed E-state index contributed by atoms with van der Waals surface area (Å²) in [7, 11) is -0.880. The van der Waals surface area contributed by atoms with Crippen molar-refractivity contribution in [3.05, 3.63) is 29.8 Å². The maximum absolute atomic E-state index is 12.9. The van der Waals surface area contributed by atoms with Crippen molar-refractivity contribution in [2.24, 2.45) is 5.92 Å². The standard InChI is InChI=1S/C19H24N6O8S/c1-10(2)16(26)24-23-11-6-7-12(17(27)33-5)13(8-11)34(29,30)25-19(28)22-18-20-14(31-3)9-15(21-18)32-4/h6-10,23H,1-5H3,(H,24,26)(H2,20,21,22,25,28). The quantitative estimate of drug-likeness (QED) is 0.285. The van der Waals surface area contributed by atoms with Crippen LogP contribution in [0.4, 0.5) is 16.4 Å². The molecule has 184 valence electrons. The fourth-order valence-electron chi connectivity index (χ4n) is 2.35. The van der Waals surface area contributed by atoms with Crippen LogP contribution in [0.2, 0.25) is 0 Å². The highest BCUT2D eigenvalue weighted by Gasteiger charge is 2.26. The number of hydrogen-bond acceptors (Lipinski definition) is 11. The number of hydrazine groups is 1. The third-order valence-electron chi connectivity index (χ3n) is 4.08.